The molecule has 1 N–H and O–H groups in total. The van der Waals surface area contributed by atoms with E-state index in [1.807, 2.05) is 0 Å². The predicted molar refractivity (Wildman–Crippen MR) is 71.2 cm³/mol. The van der Waals surface area contributed by atoms with Crippen molar-refractivity contribution < 1.29 is 19.2 Å². The Balaban J connectivity index is 2.88. The lowest BCUT2D eigenvalue weighted by atomic mass is 10.3. The summed E-state index contributed by atoms with van der Waals surface area (Å²) in [6.07, 6.45) is 0. The summed E-state index contributed by atoms with van der Waals surface area (Å²) in [5, 5.41) is 13.6. The zero-order valence-electron chi connectivity index (χ0n) is 10.4. The van der Waals surface area contributed by atoms with Crippen LogP contribution in [0.3, 0.4) is 0 Å². The number of hydrogen-bond acceptors (Lipinski definition) is 6. The van der Waals surface area contributed by atoms with Gasteiger partial charge in [-0.1, -0.05) is 6.07 Å². The summed E-state index contributed by atoms with van der Waals surface area (Å²) in [6, 6.07) is 3.78. The quantitative estimate of drug-likeness (QED) is 0.482. The molecule has 1 rings (SSSR count). The first-order chi connectivity index (χ1) is 9.01. The Morgan fingerprint density at radius 3 is 2.79 bits per heavy atom. The highest BCUT2D eigenvalue weighted by molar-refractivity contribution is 9.10. The first-order valence-corrected chi connectivity index (χ1v) is 6.11. The fraction of sp³-hybridized carbons (Fsp3) is 0.364. The molecule has 19 heavy (non-hydrogen) atoms. The number of nitro benzene ring substituents is 1. The van der Waals surface area contributed by atoms with Gasteiger partial charge < -0.3 is 14.8 Å². The minimum absolute atomic E-state index is 0.0768. The number of nitro groups is 1. The van der Waals surface area contributed by atoms with Gasteiger partial charge in [-0.25, -0.2) is 0 Å². The van der Waals surface area contributed by atoms with Gasteiger partial charge >= 0.3 is 11.7 Å². The molecule has 1 aromatic rings. The topological polar surface area (TPSA) is 90.7 Å². The molecule has 0 aliphatic rings. The third-order valence-electron chi connectivity index (χ3n) is 2.37. The van der Waals surface area contributed by atoms with E-state index in [0.717, 1.165) is 0 Å². The number of esters is 1. The second-order valence-electron chi connectivity index (χ2n) is 3.52. The smallest absolute Gasteiger partial charge is 0.326 e. The van der Waals surface area contributed by atoms with E-state index in [4.69, 9.17) is 4.74 Å². The largest absolute Gasteiger partial charge is 0.484 e. The van der Waals surface area contributed by atoms with Gasteiger partial charge in [-0.3, -0.25) is 14.9 Å². The molecule has 0 saturated heterocycles. The van der Waals surface area contributed by atoms with E-state index < -0.39 is 16.9 Å². The van der Waals surface area contributed by atoms with Crippen LogP contribution in [0.1, 0.15) is 0 Å². The van der Waals surface area contributed by atoms with E-state index in [0.29, 0.717) is 4.47 Å². The molecule has 0 spiro atoms. The van der Waals surface area contributed by atoms with Gasteiger partial charge in [0, 0.05) is 6.07 Å². The van der Waals surface area contributed by atoms with Gasteiger partial charge in [-0.2, -0.15) is 0 Å². The highest BCUT2D eigenvalue weighted by Gasteiger charge is 2.22. The molecular weight excluding hydrogens is 320 g/mol. The fourth-order valence-electron chi connectivity index (χ4n) is 1.36. The highest BCUT2D eigenvalue weighted by Crippen LogP contribution is 2.34. The first kappa shape index (κ1) is 15.4. The van der Waals surface area contributed by atoms with Gasteiger partial charge in [0.25, 0.3) is 0 Å². The molecule has 0 aliphatic carbocycles. The number of rotatable bonds is 6. The summed E-state index contributed by atoms with van der Waals surface area (Å²) >= 11 is 3.18. The maximum Gasteiger partial charge on any atom is 0.326 e. The number of methoxy groups -OCH3 is 1. The average Bonchev–Trinajstić information content (AvgIpc) is 2.40. The van der Waals surface area contributed by atoms with Crippen LogP contribution in [0.15, 0.2) is 22.7 Å². The average molecular weight is 333 g/mol. The number of likely N-dealkylation sites (N-methyl/N-ethyl adjacent to an activating group) is 1. The van der Waals surface area contributed by atoms with Crippen molar-refractivity contribution in [3.63, 3.8) is 0 Å². The Kier molecular flexibility index (Phi) is 5.71. The molecule has 104 valence electrons. The van der Waals surface area contributed by atoms with Crippen LogP contribution in [0.5, 0.6) is 5.75 Å². The Hall–Kier alpha value is -1.67. The lowest BCUT2D eigenvalue weighted by Crippen LogP contribution is -2.40. The fourth-order valence-corrected chi connectivity index (χ4v) is 1.83. The molecule has 0 radical (unpaired) electrons. The van der Waals surface area contributed by atoms with E-state index in [1.165, 1.54) is 19.2 Å². The molecule has 8 heteroatoms. The van der Waals surface area contributed by atoms with Gasteiger partial charge in [-0.05, 0) is 29.0 Å². The van der Waals surface area contributed by atoms with Crippen molar-refractivity contribution in [2.75, 3.05) is 20.8 Å². The summed E-state index contributed by atoms with van der Waals surface area (Å²) in [5.41, 5.74) is -0.172. The van der Waals surface area contributed by atoms with E-state index in [1.54, 1.807) is 13.1 Å². The van der Waals surface area contributed by atoms with Crippen molar-refractivity contribution in [2.45, 2.75) is 6.04 Å². The first-order valence-electron chi connectivity index (χ1n) is 5.32. The number of nitrogens with one attached hydrogen (secondary N) is 1. The maximum atomic E-state index is 11.4. The van der Waals surface area contributed by atoms with Gasteiger partial charge in [0.15, 0.2) is 0 Å². The van der Waals surface area contributed by atoms with Crippen molar-refractivity contribution in [1.82, 2.24) is 5.32 Å². The van der Waals surface area contributed by atoms with Crippen molar-refractivity contribution in [3.8, 4) is 5.75 Å². The number of hydrogen-bond donors (Lipinski definition) is 1. The van der Waals surface area contributed by atoms with E-state index in [9.17, 15) is 14.9 Å². The van der Waals surface area contributed by atoms with Crippen molar-refractivity contribution >= 4 is 27.6 Å². The number of halogens is 1. The second kappa shape index (κ2) is 7.05. The zero-order valence-corrected chi connectivity index (χ0v) is 12.0. The molecule has 1 unspecified atom stereocenters. The van der Waals surface area contributed by atoms with Crippen LogP contribution in [0.4, 0.5) is 5.69 Å². The maximum absolute atomic E-state index is 11.4. The van der Waals surface area contributed by atoms with Gasteiger partial charge in [0.05, 0.1) is 16.5 Å². The number of carbonyl (C=O) groups is 1. The monoisotopic (exact) mass is 332 g/mol. The van der Waals surface area contributed by atoms with Crippen molar-refractivity contribution in [3.05, 3.63) is 32.8 Å². The zero-order chi connectivity index (χ0) is 14.4. The minimum Gasteiger partial charge on any atom is -0.484 e. The number of para-hydroxylation sites is 1. The summed E-state index contributed by atoms with van der Waals surface area (Å²) in [5.74, 6) is -0.422. The third-order valence-corrected chi connectivity index (χ3v) is 3.00. The number of benzene rings is 1. The molecule has 0 fully saturated rings. The van der Waals surface area contributed by atoms with Crippen LogP contribution < -0.4 is 10.1 Å². The third kappa shape index (κ3) is 3.90. The predicted octanol–water partition coefficient (Wildman–Crippen LogP) is 1.50. The van der Waals surface area contributed by atoms with Crippen LogP contribution in [0.2, 0.25) is 0 Å². The van der Waals surface area contributed by atoms with Crippen molar-refractivity contribution in [1.29, 1.82) is 0 Å². The molecule has 7 nitrogen and oxygen atoms in total. The standard InChI is InChI=1S/C11H13BrN2O5/c1-13-8(11(15)18-2)6-19-10-7(12)4-3-5-9(10)14(16)17/h3-5,8,13H,6H2,1-2H3. The van der Waals surface area contributed by atoms with Crippen LogP contribution in [-0.4, -0.2) is 37.7 Å². The lowest BCUT2D eigenvalue weighted by molar-refractivity contribution is -0.386. The normalized spacial score (nSPS) is 11.7. The van der Waals surface area contributed by atoms with Gasteiger partial charge in [0.2, 0.25) is 5.75 Å². The molecular formula is C11H13BrN2O5. The Morgan fingerprint density at radius 1 is 1.58 bits per heavy atom. The highest BCUT2D eigenvalue weighted by atomic mass is 79.9. The van der Waals surface area contributed by atoms with Gasteiger partial charge in [-0.15, -0.1) is 0 Å². The molecule has 1 aromatic carbocycles. The van der Waals surface area contributed by atoms with E-state index in [-0.39, 0.29) is 18.0 Å². The lowest BCUT2D eigenvalue weighted by Gasteiger charge is -2.15. The summed E-state index contributed by atoms with van der Waals surface area (Å²) in [4.78, 5) is 21.7. The Labute approximate surface area is 118 Å². The number of carbonyl (C=O) groups excluding carboxylic acids is 1. The number of nitrogens with zero attached hydrogens (tertiary/aromatic N) is 1. The van der Waals surface area contributed by atoms with Crippen molar-refractivity contribution in [2.24, 2.45) is 0 Å². The van der Waals surface area contributed by atoms with Crippen LogP contribution in [0, 0.1) is 10.1 Å². The molecule has 0 aliphatic heterocycles. The molecule has 0 bridgehead atoms. The van der Waals surface area contributed by atoms with Crippen LogP contribution in [-0.2, 0) is 9.53 Å². The Bertz CT molecular complexity index is 480. The van der Waals surface area contributed by atoms with Crippen LogP contribution in [0.25, 0.3) is 0 Å². The van der Waals surface area contributed by atoms with Gasteiger partial charge in [0.1, 0.15) is 12.6 Å². The molecule has 0 amide bonds. The summed E-state index contributed by atoms with van der Waals surface area (Å²) in [6.45, 7) is -0.0768. The van der Waals surface area contributed by atoms with Crippen LogP contribution >= 0.6 is 15.9 Å². The molecule has 0 saturated carbocycles. The Morgan fingerprint density at radius 2 is 2.26 bits per heavy atom. The number of ether oxygens (including phenoxy) is 2. The molecule has 1 atom stereocenters. The second-order valence-corrected chi connectivity index (χ2v) is 4.37. The summed E-state index contributed by atoms with van der Waals surface area (Å²) < 4.78 is 10.4. The minimum atomic E-state index is -0.697. The SMILES string of the molecule is CNC(COc1c(Br)cccc1[N+](=O)[O-])C(=O)OC. The van der Waals surface area contributed by atoms with E-state index in [2.05, 4.69) is 26.0 Å². The summed E-state index contributed by atoms with van der Waals surface area (Å²) in [7, 11) is 2.83. The van der Waals surface area contributed by atoms with E-state index >= 15 is 0 Å². The molecule has 0 aromatic heterocycles. The molecule has 0 heterocycles.